The van der Waals surface area contributed by atoms with E-state index in [2.05, 4.69) is 0 Å². The number of hydrogen-bond acceptors (Lipinski definition) is 2. The third kappa shape index (κ3) is 1.58. The van der Waals surface area contributed by atoms with Crippen LogP contribution in [0.25, 0.3) is 0 Å². The Kier molecular flexibility index (Phi) is 2.72. The van der Waals surface area contributed by atoms with Gasteiger partial charge in [0.05, 0.1) is 10.6 Å². The van der Waals surface area contributed by atoms with Gasteiger partial charge in [-0.25, -0.2) is 8.78 Å². The number of hydrogen-bond donors (Lipinski definition) is 0. The maximum absolute atomic E-state index is 12.9. The van der Waals surface area contributed by atoms with Crippen LogP contribution in [0, 0.1) is 11.6 Å². The number of rotatable bonds is 2. The van der Waals surface area contributed by atoms with Crippen molar-refractivity contribution < 1.29 is 18.4 Å². The zero-order valence-corrected chi connectivity index (χ0v) is 6.94. The molecule has 0 N–H and O–H groups in total. The van der Waals surface area contributed by atoms with Gasteiger partial charge < -0.3 is 0 Å². The summed E-state index contributed by atoms with van der Waals surface area (Å²) in [4.78, 5) is 20.6. The molecule has 0 aliphatic heterocycles. The summed E-state index contributed by atoms with van der Waals surface area (Å²) in [6, 6.07) is 0.900. The average Bonchev–Trinajstić information content (AvgIpc) is 2.13. The van der Waals surface area contributed by atoms with Crippen LogP contribution in [0.5, 0.6) is 0 Å². The number of benzene rings is 1. The summed E-state index contributed by atoms with van der Waals surface area (Å²) in [6.07, 6.45) is 0.302. The Labute approximate surface area is 77.1 Å². The van der Waals surface area contributed by atoms with Gasteiger partial charge in [-0.2, -0.15) is 0 Å². The molecule has 0 aliphatic carbocycles. The first-order valence-electron chi connectivity index (χ1n) is 3.19. The van der Waals surface area contributed by atoms with Crippen LogP contribution in [0.3, 0.4) is 0 Å². The second-order valence-corrected chi connectivity index (χ2v) is 2.63. The van der Waals surface area contributed by atoms with Crippen molar-refractivity contribution in [3.63, 3.8) is 0 Å². The van der Waals surface area contributed by atoms with Crippen LogP contribution in [0.1, 0.15) is 20.7 Å². The van der Waals surface area contributed by atoms with E-state index in [4.69, 9.17) is 11.6 Å². The standard InChI is InChI=1S/C8H3ClF2O2/c9-6-1-4(2-12)5(3-13)7(10)8(6)11/h1-3H. The Morgan fingerprint density at radius 1 is 1.15 bits per heavy atom. The fourth-order valence-electron chi connectivity index (χ4n) is 0.845. The summed E-state index contributed by atoms with van der Waals surface area (Å²) in [5.74, 6) is -2.72. The number of aldehydes is 2. The Morgan fingerprint density at radius 2 is 1.77 bits per heavy atom. The maximum Gasteiger partial charge on any atom is 0.178 e. The molecular formula is C8H3ClF2O2. The average molecular weight is 205 g/mol. The Hall–Kier alpha value is -1.29. The fourth-order valence-corrected chi connectivity index (χ4v) is 1.05. The van der Waals surface area contributed by atoms with E-state index in [1.165, 1.54) is 0 Å². The van der Waals surface area contributed by atoms with Crippen LogP contribution < -0.4 is 0 Å². The van der Waals surface area contributed by atoms with Crippen molar-refractivity contribution in [1.29, 1.82) is 0 Å². The lowest BCUT2D eigenvalue weighted by molar-refractivity contribution is 0.109. The molecule has 0 radical (unpaired) electrons. The van der Waals surface area contributed by atoms with Crippen molar-refractivity contribution in [2.24, 2.45) is 0 Å². The zero-order chi connectivity index (χ0) is 10.0. The van der Waals surface area contributed by atoms with Crippen molar-refractivity contribution in [3.8, 4) is 0 Å². The van der Waals surface area contributed by atoms with Crippen molar-refractivity contribution in [2.75, 3.05) is 0 Å². The first kappa shape index (κ1) is 9.80. The summed E-state index contributed by atoms with van der Waals surface area (Å²) in [5, 5.41) is -0.523. The third-order valence-corrected chi connectivity index (χ3v) is 1.75. The molecule has 1 rings (SSSR count). The first-order valence-corrected chi connectivity index (χ1v) is 3.57. The molecule has 13 heavy (non-hydrogen) atoms. The maximum atomic E-state index is 12.9. The van der Waals surface area contributed by atoms with Crippen LogP contribution >= 0.6 is 11.6 Å². The lowest BCUT2D eigenvalue weighted by Gasteiger charge is -2.01. The molecule has 0 aliphatic rings. The van der Waals surface area contributed by atoms with Gasteiger partial charge in [-0.1, -0.05) is 11.6 Å². The van der Waals surface area contributed by atoms with Gasteiger partial charge in [0.25, 0.3) is 0 Å². The molecule has 0 spiro atoms. The lowest BCUT2D eigenvalue weighted by atomic mass is 10.1. The van der Waals surface area contributed by atoms with Crippen molar-refractivity contribution in [2.45, 2.75) is 0 Å². The summed E-state index contributed by atoms with van der Waals surface area (Å²) in [7, 11) is 0. The van der Waals surface area contributed by atoms with Gasteiger partial charge in [0.1, 0.15) is 0 Å². The molecule has 0 saturated carbocycles. The van der Waals surface area contributed by atoms with E-state index in [0.717, 1.165) is 6.07 Å². The first-order chi connectivity index (χ1) is 6.11. The molecule has 1 aromatic carbocycles. The van der Waals surface area contributed by atoms with E-state index in [9.17, 15) is 18.4 Å². The Bertz CT molecular complexity index is 377. The molecule has 0 fully saturated rings. The number of carbonyl (C=O) groups is 2. The van der Waals surface area contributed by atoms with Crippen LogP contribution in [0.15, 0.2) is 6.07 Å². The molecule has 5 heteroatoms. The highest BCUT2D eigenvalue weighted by Gasteiger charge is 2.16. The molecule has 0 amide bonds. The van der Waals surface area contributed by atoms with Crippen molar-refractivity contribution in [3.05, 3.63) is 33.9 Å². The normalized spacial score (nSPS) is 9.77. The van der Waals surface area contributed by atoms with Gasteiger partial charge in [0.2, 0.25) is 0 Å². The fraction of sp³-hybridized carbons (Fsp3) is 0. The summed E-state index contributed by atoms with van der Waals surface area (Å²) < 4.78 is 25.6. The second kappa shape index (κ2) is 3.62. The van der Waals surface area contributed by atoms with E-state index in [-0.39, 0.29) is 18.1 Å². The topological polar surface area (TPSA) is 34.1 Å². The Morgan fingerprint density at radius 3 is 2.23 bits per heavy atom. The summed E-state index contributed by atoms with van der Waals surface area (Å²) >= 11 is 5.24. The van der Waals surface area contributed by atoms with Gasteiger partial charge in [0, 0.05) is 5.56 Å². The van der Waals surface area contributed by atoms with E-state index in [0.29, 0.717) is 0 Å². The number of halogens is 3. The quantitative estimate of drug-likeness (QED) is 0.547. The highest BCUT2D eigenvalue weighted by molar-refractivity contribution is 6.31. The molecular weight excluding hydrogens is 202 g/mol. The molecule has 68 valence electrons. The smallest absolute Gasteiger partial charge is 0.178 e. The van der Waals surface area contributed by atoms with Crippen molar-refractivity contribution in [1.82, 2.24) is 0 Å². The molecule has 0 aromatic heterocycles. The van der Waals surface area contributed by atoms with Crippen molar-refractivity contribution >= 4 is 24.2 Å². The zero-order valence-electron chi connectivity index (χ0n) is 6.18. The molecule has 0 saturated heterocycles. The second-order valence-electron chi connectivity index (χ2n) is 2.22. The monoisotopic (exact) mass is 204 g/mol. The van der Waals surface area contributed by atoms with Crippen LogP contribution in [0.4, 0.5) is 8.78 Å². The molecule has 0 heterocycles. The van der Waals surface area contributed by atoms with Crippen LogP contribution in [0.2, 0.25) is 5.02 Å². The van der Waals surface area contributed by atoms with Gasteiger partial charge in [-0.15, -0.1) is 0 Å². The molecule has 0 unspecified atom stereocenters. The molecule has 0 atom stereocenters. The van der Waals surface area contributed by atoms with E-state index < -0.39 is 22.2 Å². The largest absolute Gasteiger partial charge is 0.298 e. The minimum atomic E-state index is -1.40. The highest BCUT2D eigenvalue weighted by Crippen LogP contribution is 2.22. The minimum absolute atomic E-state index is 0.0679. The van der Waals surface area contributed by atoms with Crippen LogP contribution in [-0.2, 0) is 0 Å². The third-order valence-electron chi connectivity index (χ3n) is 1.48. The Balaban J connectivity index is 3.56. The van der Waals surface area contributed by atoms with Gasteiger partial charge in [0.15, 0.2) is 24.2 Å². The van der Waals surface area contributed by atoms with Gasteiger partial charge in [-0.3, -0.25) is 9.59 Å². The number of carbonyl (C=O) groups excluding carboxylic acids is 2. The highest BCUT2D eigenvalue weighted by atomic mass is 35.5. The van der Waals surface area contributed by atoms with E-state index in [1.807, 2.05) is 0 Å². The molecule has 0 bridgehead atoms. The lowest BCUT2D eigenvalue weighted by Crippen LogP contribution is -1.99. The molecule has 2 nitrogen and oxygen atoms in total. The van der Waals surface area contributed by atoms with Gasteiger partial charge >= 0.3 is 0 Å². The predicted octanol–water partition coefficient (Wildman–Crippen LogP) is 2.24. The summed E-state index contributed by atoms with van der Waals surface area (Å²) in [5.41, 5.74) is -0.879. The van der Waals surface area contributed by atoms with Crippen LogP contribution in [-0.4, -0.2) is 12.6 Å². The predicted molar refractivity (Wildman–Crippen MR) is 42.1 cm³/mol. The summed E-state index contributed by atoms with van der Waals surface area (Å²) in [6.45, 7) is 0. The van der Waals surface area contributed by atoms with Gasteiger partial charge in [-0.05, 0) is 6.07 Å². The SMILES string of the molecule is O=Cc1cc(Cl)c(F)c(F)c1C=O. The van der Waals surface area contributed by atoms with E-state index in [1.54, 1.807) is 0 Å². The van der Waals surface area contributed by atoms with E-state index >= 15 is 0 Å². The minimum Gasteiger partial charge on any atom is -0.298 e. The molecule has 1 aromatic rings.